The minimum atomic E-state index is -0.303. The van der Waals surface area contributed by atoms with E-state index in [1.807, 2.05) is 24.3 Å². The van der Waals surface area contributed by atoms with Crippen LogP contribution >= 0.6 is 11.6 Å². The molecule has 0 spiro atoms. The maximum absolute atomic E-state index is 6.08. The number of fused-ring (bicyclic) bond motifs is 1. The predicted octanol–water partition coefficient (Wildman–Crippen LogP) is 2.92. The average molecular weight is 267 g/mol. The number of hydrogen-bond acceptors (Lipinski definition) is 4. The Labute approximate surface area is 111 Å². The zero-order valence-electron chi connectivity index (χ0n) is 10.3. The monoisotopic (exact) mass is 266 g/mol. The highest BCUT2D eigenvalue weighted by molar-refractivity contribution is 6.31. The van der Waals surface area contributed by atoms with Crippen LogP contribution in [0, 0.1) is 0 Å². The number of nitrogens with one attached hydrogen (secondary N) is 1. The number of ether oxygens (including phenoxy) is 2. The molecule has 96 valence electrons. The molecular formula is C13H15ClN2O2. The number of methoxy groups -OCH3 is 2. The van der Waals surface area contributed by atoms with Crippen LogP contribution in [-0.2, 0) is 9.47 Å². The van der Waals surface area contributed by atoms with E-state index >= 15 is 0 Å². The Morgan fingerprint density at radius 3 is 2.83 bits per heavy atom. The van der Waals surface area contributed by atoms with E-state index in [-0.39, 0.29) is 6.29 Å². The molecule has 0 saturated heterocycles. The third-order valence-corrected chi connectivity index (χ3v) is 2.87. The van der Waals surface area contributed by atoms with Crippen LogP contribution in [-0.4, -0.2) is 32.0 Å². The molecule has 18 heavy (non-hydrogen) atoms. The lowest BCUT2D eigenvalue weighted by Gasteiger charge is -2.16. The second-order valence-electron chi connectivity index (χ2n) is 3.81. The van der Waals surface area contributed by atoms with Gasteiger partial charge in [0.05, 0.1) is 17.7 Å². The zero-order valence-corrected chi connectivity index (χ0v) is 11.1. The molecule has 0 radical (unpaired) electrons. The summed E-state index contributed by atoms with van der Waals surface area (Å²) in [6, 6.07) is 7.59. The van der Waals surface area contributed by atoms with Crippen molar-refractivity contribution in [3.05, 3.63) is 35.5 Å². The summed E-state index contributed by atoms with van der Waals surface area (Å²) in [4.78, 5) is 4.35. The van der Waals surface area contributed by atoms with E-state index in [9.17, 15) is 0 Å². The Morgan fingerprint density at radius 2 is 2.11 bits per heavy atom. The molecule has 0 atom stereocenters. The van der Waals surface area contributed by atoms with Crippen LogP contribution in [0.4, 0.5) is 5.69 Å². The van der Waals surface area contributed by atoms with Crippen molar-refractivity contribution in [1.82, 2.24) is 4.98 Å². The molecule has 0 bridgehead atoms. The smallest absolute Gasteiger partial charge is 0.173 e. The van der Waals surface area contributed by atoms with Crippen molar-refractivity contribution < 1.29 is 9.47 Å². The van der Waals surface area contributed by atoms with E-state index in [4.69, 9.17) is 21.1 Å². The fourth-order valence-electron chi connectivity index (χ4n) is 1.75. The molecule has 1 N–H and O–H groups in total. The number of pyridine rings is 1. The Bertz CT molecular complexity index is 529. The van der Waals surface area contributed by atoms with Crippen LogP contribution in [0.15, 0.2) is 30.5 Å². The molecule has 0 saturated carbocycles. The van der Waals surface area contributed by atoms with Crippen molar-refractivity contribution in [2.75, 3.05) is 26.1 Å². The summed E-state index contributed by atoms with van der Waals surface area (Å²) >= 11 is 6.08. The third kappa shape index (κ3) is 2.90. The average Bonchev–Trinajstić information content (AvgIpc) is 2.39. The zero-order chi connectivity index (χ0) is 13.0. The SMILES string of the molecule is COC(CNc1cc(Cl)cc2cccnc12)OC. The molecule has 2 rings (SSSR count). The highest BCUT2D eigenvalue weighted by Gasteiger charge is 2.08. The molecule has 0 unspecified atom stereocenters. The first-order valence-electron chi connectivity index (χ1n) is 5.58. The molecular weight excluding hydrogens is 252 g/mol. The second-order valence-corrected chi connectivity index (χ2v) is 4.25. The van der Waals surface area contributed by atoms with Crippen LogP contribution in [0.2, 0.25) is 5.02 Å². The van der Waals surface area contributed by atoms with Gasteiger partial charge in [0.25, 0.3) is 0 Å². The van der Waals surface area contributed by atoms with E-state index in [1.165, 1.54) is 0 Å². The van der Waals surface area contributed by atoms with Crippen molar-refractivity contribution in [2.24, 2.45) is 0 Å². The largest absolute Gasteiger partial charge is 0.378 e. The van der Waals surface area contributed by atoms with Gasteiger partial charge in [0.1, 0.15) is 0 Å². The van der Waals surface area contributed by atoms with Gasteiger partial charge in [-0.2, -0.15) is 0 Å². The summed E-state index contributed by atoms with van der Waals surface area (Å²) in [6.45, 7) is 0.527. The molecule has 1 aromatic carbocycles. The van der Waals surface area contributed by atoms with Crippen molar-refractivity contribution >= 4 is 28.2 Å². The first-order valence-corrected chi connectivity index (χ1v) is 5.96. The topological polar surface area (TPSA) is 43.4 Å². The molecule has 0 aliphatic heterocycles. The maximum Gasteiger partial charge on any atom is 0.173 e. The van der Waals surface area contributed by atoms with Gasteiger partial charge < -0.3 is 14.8 Å². The minimum Gasteiger partial charge on any atom is -0.378 e. The summed E-state index contributed by atoms with van der Waals surface area (Å²) in [7, 11) is 3.20. The number of halogens is 1. The lowest BCUT2D eigenvalue weighted by Crippen LogP contribution is -2.23. The van der Waals surface area contributed by atoms with Gasteiger partial charge in [-0.05, 0) is 18.2 Å². The van der Waals surface area contributed by atoms with Gasteiger partial charge in [0.15, 0.2) is 6.29 Å². The molecule has 2 aromatic rings. The summed E-state index contributed by atoms with van der Waals surface area (Å²) < 4.78 is 10.3. The molecule has 4 nitrogen and oxygen atoms in total. The van der Waals surface area contributed by atoms with Crippen LogP contribution < -0.4 is 5.32 Å². The van der Waals surface area contributed by atoms with Crippen molar-refractivity contribution in [3.8, 4) is 0 Å². The number of rotatable bonds is 5. The van der Waals surface area contributed by atoms with Gasteiger partial charge in [-0.25, -0.2) is 0 Å². The summed E-state index contributed by atoms with van der Waals surface area (Å²) in [5.41, 5.74) is 1.75. The van der Waals surface area contributed by atoms with E-state index < -0.39 is 0 Å². The molecule has 0 aliphatic carbocycles. The first-order chi connectivity index (χ1) is 8.74. The summed E-state index contributed by atoms with van der Waals surface area (Å²) in [5, 5.41) is 4.90. The highest BCUT2D eigenvalue weighted by Crippen LogP contribution is 2.26. The van der Waals surface area contributed by atoms with Crippen LogP contribution in [0.3, 0.4) is 0 Å². The second kappa shape index (κ2) is 6.00. The molecule has 0 aliphatic rings. The van der Waals surface area contributed by atoms with Gasteiger partial charge >= 0.3 is 0 Å². The molecule has 0 amide bonds. The van der Waals surface area contributed by atoms with Crippen molar-refractivity contribution in [2.45, 2.75) is 6.29 Å². The number of nitrogens with zero attached hydrogens (tertiary/aromatic N) is 1. The van der Waals surface area contributed by atoms with Gasteiger partial charge in [0.2, 0.25) is 0 Å². The van der Waals surface area contributed by atoms with Gasteiger partial charge in [-0.15, -0.1) is 0 Å². The Hall–Kier alpha value is -1.36. The minimum absolute atomic E-state index is 0.303. The predicted molar refractivity (Wildman–Crippen MR) is 73.0 cm³/mol. The lowest BCUT2D eigenvalue weighted by molar-refractivity contribution is -0.0913. The van der Waals surface area contributed by atoms with E-state index in [0.29, 0.717) is 11.6 Å². The standard InChI is InChI=1S/C13H15ClN2O2/c1-17-12(18-2)8-16-11-7-10(14)6-9-4-3-5-15-13(9)11/h3-7,12,16H,8H2,1-2H3. The van der Waals surface area contributed by atoms with Gasteiger partial charge in [-0.1, -0.05) is 17.7 Å². The number of benzene rings is 1. The highest BCUT2D eigenvalue weighted by atomic mass is 35.5. The molecule has 1 aromatic heterocycles. The molecule has 0 fully saturated rings. The first kappa shape index (κ1) is 13.1. The number of hydrogen-bond donors (Lipinski definition) is 1. The summed E-state index contributed by atoms with van der Waals surface area (Å²) in [5.74, 6) is 0. The normalized spacial score (nSPS) is 11.1. The Balaban J connectivity index is 2.26. The number of anilines is 1. The van der Waals surface area contributed by atoms with Crippen LogP contribution in [0.25, 0.3) is 10.9 Å². The van der Waals surface area contributed by atoms with Crippen LogP contribution in [0.1, 0.15) is 0 Å². The van der Waals surface area contributed by atoms with Crippen LogP contribution in [0.5, 0.6) is 0 Å². The Kier molecular flexibility index (Phi) is 4.36. The third-order valence-electron chi connectivity index (χ3n) is 2.65. The van der Waals surface area contributed by atoms with Crippen molar-refractivity contribution in [3.63, 3.8) is 0 Å². The summed E-state index contributed by atoms with van der Waals surface area (Å²) in [6.07, 6.45) is 1.45. The van der Waals surface area contributed by atoms with E-state index in [2.05, 4.69) is 10.3 Å². The molecule has 5 heteroatoms. The maximum atomic E-state index is 6.08. The Morgan fingerprint density at radius 1 is 1.33 bits per heavy atom. The number of aromatic nitrogens is 1. The lowest BCUT2D eigenvalue weighted by atomic mass is 10.2. The van der Waals surface area contributed by atoms with E-state index in [1.54, 1.807) is 20.4 Å². The van der Waals surface area contributed by atoms with E-state index in [0.717, 1.165) is 16.6 Å². The van der Waals surface area contributed by atoms with Gasteiger partial charge in [-0.3, -0.25) is 4.98 Å². The fraction of sp³-hybridized carbons (Fsp3) is 0.308. The van der Waals surface area contributed by atoms with Crippen molar-refractivity contribution in [1.29, 1.82) is 0 Å². The fourth-order valence-corrected chi connectivity index (χ4v) is 1.97. The molecule has 1 heterocycles. The quantitative estimate of drug-likeness (QED) is 0.845. The van der Waals surface area contributed by atoms with Gasteiger partial charge in [0, 0.05) is 30.8 Å².